The Morgan fingerprint density at radius 2 is 1.91 bits per heavy atom. The molecule has 1 aliphatic heterocycles. The van der Waals surface area contributed by atoms with Gasteiger partial charge in [-0.3, -0.25) is 0 Å². The SMILES string of the molecule is O=I(O)(c1ccc(Cl)c(Cl)c1)N1c2ccccc2CCC1CO. The van der Waals surface area contributed by atoms with Crippen molar-refractivity contribution in [3.8, 4) is 0 Å². The number of aryl methyl sites for hydroxylation is 1. The van der Waals surface area contributed by atoms with Crippen LogP contribution in [-0.4, -0.2) is 21.2 Å². The third kappa shape index (κ3) is 3.13. The predicted molar refractivity (Wildman–Crippen MR) is 100 cm³/mol. The van der Waals surface area contributed by atoms with E-state index >= 15 is 0 Å². The van der Waals surface area contributed by atoms with Gasteiger partial charge in [-0.25, -0.2) is 0 Å². The Hall–Kier alpha value is -0.730. The first-order valence-electron chi connectivity index (χ1n) is 7.09. The van der Waals surface area contributed by atoms with Gasteiger partial charge < -0.3 is 0 Å². The van der Waals surface area contributed by atoms with Crippen LogP contribution in [0.5, 0.6) is 0 Å². The van der Waals surface area contributed by atoms with Crippen molar-refractivity contribution in [3.63, 3.8) is 0 Å². The van der Waals surface area contributed by atoms with Crippen LogP contribution in [0.25, 0.3) is 0 Å². The molecule has 1 aliphatic rings. The molecule has 0 aromatic heterocycles. The number of rotatable bonds is 3. The molecule has 0 amide bonds. The third-order valence-corrected chi connectivity index (χ3v) is 9.66. The molecule has 2 atom stereocenters. The van der Waals surface area contributed by atoms with E-state index in [1.165, 1.54) is 21.3 Å². The number of hydrogen-bond donors (Lipinski definition) is 2. The second kappa shape index (κ2) is 6.64. The second-order valence-electron chi connectivity index (χ2n) is 5.33. The summed E-state index contributed by atoms with van der Waals surface area (Å²) in [5.74, 6) is 0. The van der Waals surface area contributed by atoms with Gasteiger partial charge in [0.1, 0.15) is 0 Å². The molecule has 124 valence electrons. The Morgan fingerprint density at radius 1 is 1.17 bits per heavy atom. The van der Waals surface area contributed by atoms with Crippen molar-refractivity contribution >= 4 is 48.0 Å². The molecule has 2 unspecified atom stereocenters. The Labute approximate surface area is 149 Å². The van der Waals surface area contributed by atoms with E-state index in [0.717, 1.165) is 12.0 Å². The number of aliphatic hydroxyl groups excluding tert-OH is 1. The fraction of sp³-hybridized carbons (Fsp3) is 0.250. The Balaban J connectivity index is 2.13. The molecule has 0 saturated carbocycles. The van der Waals surface area contributed by atoms with Gasteiger partial charge in [-0.15, -0.1) is 0 Å². The Bertz CT molecular complexity index is 784. The molecule has 3 rings (SSSR count). The van der Waals surface area contributed by atoms with Crippen molar-refractivity contribution in [1.29, 1.82) is 0 Å². The molecular formula is C16H16Cl2INO3. The van der Waals surface area contributed by atoms with Crippen molar-refractivity contribution in [3.05, 3.63) is 61.6 Å². The molecule has 0 bridgehead atoms. The number of aliphatic hydroxyl groups is 1. The van der Waals surface area contributed by atoms with E-state index < -0.39 is 25.2 Å². The van der Waals surface area contributed by atoms with E-state index in [1.807, 2.05) is 24.3 Å². The number of hydrogen-bond acceptors (Lipinski definition) is 2. The van der Waals surface area contributed by atoms with Crippen LogP contribution in [0.1, 0.15) is 12.0 Å². The average Bonchev–Trinajstić information content (AvgIpc) is 2.56. The fourth-order valence-corrected chi connectivity index (χ4v) is 7.91. The second-order valence-corrected chi connectivity index (χ2v) is 11.1. The maximum atomic E-state index is 13.3. The van der Waals surface area contributed by atoms with Crippen LogP contribution in [0.15, 0.2) is 42.5 Å². The fourth-order valence-electron chi connectivity index (χ4n) is 2.77. The van der Waals surface area contributed by atoms with Gasteiger partial charge in [-0.1, -0.05) is 0 Å². The molecule has 1 heterocycles. The maximum absolute atomic E-state index is 13.3. The zero-order chi connectivity index (χ0) is 16.6. The van der Waals surface area contributed by atoms with Crippen LogP contribution in [0.3, 0.4) is 0 Å². The number of fused-ring (bicyclic) bond motifs is 1. The van der Waals surface area contributed by atoms with Crippen LogP contribution in [0.2, 0.25) is 10.0 Å². The molecule has 0 radical (unpaired) electrons. The van der Waals surface area contributed by atoms with Gasteiger partial charge in [0.15, 0.2) is 0 Å². The van der Waals surface area contributed by atoms with Crippen LogP contribution in [0, 0.1) is 3.57 Å². The molecule has 0 aliphatic carbocycles. The molecule has 0 saturated heterocycles. The van der Waals surface area contributed by atoms with Crippen molar-refractivity contribution in [2.24, 2.45) is 0 Å². The summed E-state index contributed by atoms with van der Waals surface area (Å²) in [7, 11) is 0. The van der Waals surface area contributed by atoms with Crippen molar-refractivity contribution < 1.29 is 11.6 Å². The van der Waals surface area contributed by atoms with Gasteiger partial charge in [-0.2, -0.15) is 0 Å². The first-order chi connectivity index (χ1) is 10.9. The topological polar surface area (TPSA) is 60.8 Å². The number of nitrogens with zero attached hydrogens (tertiary/aromatic N) is 1. The van der Waals surface area contributed by atoms with E-state index in [1.54, 1.807) is 0 Å². The van der Waals surface area contributed by atoms with E-state index in [9.17, 15) is 11.6 Å². The van der Waals surface area contributed by atoms with Crippen molar-refractivity contribution in [2.45, 2.75) is 18.9 Å². The van der Waals surface area contributed by atoms with E-state index in [0.29, 0.717) is 17.1 Å². The average molecular weight is 468 g/mol. The van der Waals surface area contributed by atoms with Crippen molar-refractivity contribution in [2.75, 3.05) is 9.72 Å². The molecule has 7 heteroatoms. The quantitative estimate of drug-likeness (QED) is 0.403. The van der Waals surface area contributed by atoms with Crippen LogP contribution < -0.4 is 3.11 Å². The summed E-state index contributed by atoms with van der Waals surface area (Å²) in [5, 5.41) is 10.3. The minimum absolute atomic E-state index is 0.177. The summed E-state index contributed by atoms with van der Waals surface area (Å²) >= 11 is 7.11. The molecule has 2 aromatic rings. The molecule has 2 aromatic carbocycles. The zero-order valence-corrected chi connectivity index (χ0v) is 15.8. The number of para-hydroxylation sites is 1. The Morgan fingerprint density at radius 3 is 2.61 bits per heavy atom. The molecule has 0 fully saturated rings. The van der Waals surface area contributed by atoms with Gasteiger partial charge in [0, 0.05) is 0 Å². The monoisotopic (exact) mass is 467 g/mol. The van der Waals surface area contributed by atoms with Gasteiger partial charge in [-0.05, 0) is 0 Å². The van der Waals surface area contributed by atoms with Gasteiger partial charge >= 0.3 is 150 Å². The molecule has 4 nitrogen and oxygen atoms in total. The minimum atomic E-state index is -4.80. The zero-order valence-electron chi connectivity index (χ0n) is 12.1. The first-order valence-corrected chi connectivity index (χ1v) is 11.7. The van der Waals surface area contributed by atoms with E-state index in [4.69, 9.17) is 23.2 Å². The first kappa shape index (κ1) is 17.1. The normalized spacial score (nSPS) is 21.4. The standard InChI is InChI=1S/C16H16Cl2INO3/c17-14-8-6-12(9-15(14)18)19(22,23)20-13(10-21)7-5-11-3-1-2-4-16(11)20/h1-4,6,8-9,13,21H,5,7,10H2,(H,22,23). The van der Waals surface area contributed by atoms with Crippen LogP contribution >= 0.6 is 42.3 Å². The van der Waals surface area contributed by atoms with Gasteiger partial charge in [0.05, 0.1) is 0 Å². The summed E-state index contributed by atoms with van der Waals surface area (Å²) in [6.45, 7) is -0.177. The third-order valence-electron chi connectivity index (χ3n) is 3.91. The molecule has 2 N–H and O–H groups in total. The summed E-state index contributed by atoms with van der Waals surface area (Å²) in [6.07, 6.45) is 1.40. The Kier molecular flexibility index (Phi) is 4.94. The summed E-state index contributed by atoms with van der Waals surface area (Å²) in [5.41, 5.74) is 1.72. The van der Waals surface area contributed by atoms with E-state index in [-0.39, 0.29) is 15.2 Å². The molecule has 0 spiro atoms. The van der Waals surface area contributed by atoms with Crippen LogP contribution in [0.4, 0.5) is 5.69 Å². The number of benzene rings is 2. The number of anilines is 1. The summed E-state index contributed by atoms with van der Waals surface area (Å²) in [6, 6.07) is 11.6. The molecule has 23 heavy (non-hydrogen) atoms. The predicted octanol–water partition coefficient (Wildman–Crippen LogP) is 4.19. The van der Waals surface area contributed by atoms with Gasteiger partial charge in [0.2, 0.25) is 0 Å². The summed E-state index contributed by atoms with van der Waals surface area (Å²) < 4.78 is 26.0. The molecular weight excluding hydrogens is 452 g/mol. The van der Waals surface area contributed by atoms with E-state index in [2.05, 4.69) is 0 Å². The summed E-state index contributed by atoms with van der Waals surface area (Å²) in [4.78, 5) is 0. The van der Waals surface area contributed by atoms with Crippen molar-refractivity contribution in [1.82, 2.24) is 0 Å². The van der Waals surface area contributed by atoms with Gasteiger partial charge in [0.25, 0.3) is 0 Å². The number of halogens is 3. The van der Waals surface area contributed by atoms with Crippen LogP contribution in [-0.2, 0) is 9.49 Å².